The van der Waals surface area contributed by atoms with Crippen LogP contribution in [0.5, 0.6) is 0 Å². The Morgan fingerprint density at radius 3 is 2.00 bits per heavy atom. The third kappa shape index (κ3) is 1.62. The predicted molar refractivity (Wildman–Crippen MR) is 67.1 cm³/mol. The number of nitrogens with two attached hydrogens (primary N) is 1. The molecule has 3 N–H and O–H groups in total. The molecule has 0 spiro atoms. The molecule has 0 aromatic carbocycles. The second-order valence-corrected chi connectivity index (χ2v) is 6.70. The van der Waals surface area contributed by atoms with E-state index in [4.69, 9.17) is 5.73 Å². The van der Waals surface area contributed by atoms with Crippen molar-refractivity contribution >= 4 is 0 Å². The van der Waals surface area contributed by atoms with Crippen molar-refractivity contribution in [3.63, 3.8) is 0 Å². The van der Waals surface area contributed by atoms with Crippen molar-refractivity contribution in [3.8, 4) is 0 Å². The van der Waals surface area contributed by atoms with E-state index in [1.807, 2.05) is 0 Å². The van der Waals surface area contributed by atoms with Crippen LogP contribution in [0.15, 0.2) is 0 Å². The first kappa shape index (κ1) is 11.0. The lowest BCUT2D eigenvalue weighted by Gasteiger charge is -2.59. The Balaban J connectivity index is 1.81. The molecule has 0 aromatic heterocycles. The van der Waals surface area contributed by atoms with Gasteiger partial charge in [0, 0.05) is 6.04 Å². The van der Waals surface area contributed by atoms with Gasteiger partial charge in [-0.1, -0.05) is 0 Å². The number of nitrogens with one attached hydrogen (secondary N) is 1. The molecule has 2 nitrogen and oxygen atoms in total. The van der Waals surface area contributed by atoms with Crippen LogP contribution in [0.3, 0.4) is 0 Å². The van der Waals surface area contributed by atoms with Crippen LogP contribution in [0, 0.1) is 23.2 Å². The van der Waals surface area contributed by atoms with E-state index in [1.165, 1.54) is 44.9 Å². The van der Waals surface area contributed by atoms with E-state index in [0.717, 1.165) is 24.3 Å². The van der Waals surface area contributed by atoms with Crippen LogP contribution in [0.25, 0.3) is 0 Å². The summed E-state index contributed by atoms with van der Waals surface area (Å²) in [5, 5.41) is 3.58. The fourth-order valence-electron chi connectivity index (χ4n) is 5.53. The van der Waals surface area contributed by atoms with Gasteiger partial charge in [0.05, 0.1) is 0 Å². The third-order valence-corrected chi connectivity index (χ3v) is 5.63. The van der Waals surface area contributed by atoms with Gasteiger partial charge in [-0.3, -0.25) is 0 Å². The maximum Gasteiger partial charge on any atom is 0.0133 e. The van der Waals surface area contributed by atoms with Crippen LogP contribution in [0.2, 0.25) is 0 Å². The maximum atomic E-state index is 5.78. The lowest BCUT2D eigenvalue weighted by Crippen LogP contribution is -2.55. The second-order valence-electron chi connectivity index (χ2n) is 6.70. The van der Waals surface area contributed by atoms with Crippen LogP contribution in [-0.2, 0) is 0 Å². The van der Waals surface area contributed by atoms with Gasteiger partial charge < -0.3 is 11.1 Å². The van der Waals surface area contributed by atoms with E-state index < -0.39 is 0 Å². The molecule has 16 heavy (non-hydrogen) atoms. The first-order valence-corrected chi connectivity index (χ1v) is 7.13. The summed E-state index contributed by atoms with van der Waals surface area (Å²) >= 11 is 0. The summed E-state index contributed by atoms with van der Waals surface area (Å²) < 4.78 is 0. The van der Waals surface area contributed by atoms with Gasteiger partial charge in [0.1, 0.15) is 0 Å². The maximum absolute atomic E-state index is 5.78. The molecule has 0 saturated heterocycles. The molecule has 0 amide bonds. The lowest BCUT2D eigenvalue weighted by molar-refractivity contribution is -0.0735. The molecule has 4 rings (SSSR count). The van der Waals surface area contributed by atoms with Gasteiger partial charge in [-0.2, -0.15) is 0 Å². The average Bonchev–Trinajstić information content (AvgIpc) is 2.23. The van der Waals surface area contributed by atoms with Crippen molar-refractivity contribution in [3.05, 3.63) is 0 Å². The van der Waals surface area contributed by atoms with E-state index >= 15 is 0 Å². The Kier molecular flexibility index (Phi) is 2.75. The van der Waals surface area contributed by atoms with Crippen molar-refractivity contribution in [2.75, 3.05) is 13.6 Å². The minimum Gasteiger partial charge on any atom is -0.330 e. The molecule has 4 aliphatic carbocycles. The van der Waals surface area contributed by atoms with Crippen LogP contribution in [0.4, 0.5) is 0 Å². The molecule has 0 radical (unpaired) electrons. The summed E-state index contributed by atoms with van der Waals surface area (Å²) in [6.45, 7) is 0.841. The molecule has 4 saturated carbocycles. The zero-order chi connectivity index (χ0) is 11.2. The summed E-state index contributed by atoms with van der Waals surface area (Å²) in [5.74, 6) is 3.17. The Bertz CT molecular complexity index is 226. The van der Waals surface area contributed by atoms with Crippen molar-refractivity contribution in [1.82, 2.24) is 5.32 Å². The molecule has 1 unspecified atom stereocenters. The minimum absolute atomic E-state index is 0.628. The molecule has 92 valence electrons. The van der Waals surface area contributed by atoms with Gasteiger partial charge in [-0.05, 0) is 81.7 Å². The number of hydrogen-bond acceptors (Lipinski definition) is 2. The summed E-state index contributed by atoms with van der Waals surface area (Å²) in [5.41, 5.74) is 6.41. The molecular formula is C14H26N2. The van der Waals surface area contributed by atoms with Crippen LogP contribution >= 0.6 is 0 Å². The number of hydrogen-bond donors (Lipinski definition) is 2. The molecule has 4 fully saturated rings. The molecule has 0 aliphatic heterocycles. The summed E-state index contributed by atoms with van der Waals surface area (Å²) in [6.07, 6.45) is 10.3. The third-order valence-electron chi connectivity index (χ3n) is 5.63. The highest BCUT2D eigenvalue weighted by Crippen LogP contribution is 2.61. The highest BCUT2D eigenvalue weighted by atomic mass is 14.9. The monoisotopic (exact) mass is 222 g/mol. The molecule has 4 bridgehead atoms. The lowest BCUT2D eigenvalue weighted by atomic mass is 9.47. The van der Waals surface area contributed by atoms with Crippen molar-refractivity contribution in [1.29, 1.82) is 0 Å². The van der Waals surface area contributed by atoms with Crippen LogP contribution < -0.4 is 11.1 Å². The molecular weight excluding hydrogens is 196 g/mol. The van der Waals surface area contributed by atoms with Gasteiger partial charge in [0.2, 0.25) is 0 Å². The topological polar surface area (TPSA) is 38.0 Å². The average molecular weight is 222 g/mol. The van der Waals surface area contributed by atoms with Gasteiger partial charge in [0.15, 0.2) is 0 Å². The molecule has 0 heterocycles. The van der Waals surface area contributed by atoms with Crippen molar-refractivity contribution in [2.45, 2.75) is 51.0 Å². The normalized spacial score (nSPS) is 47.2. The van der Waals surface area contributed by atoms with Crippen LogP contribution in [0.1, 0.15) is 44.9 Å². The Morgan fingerprint density at radius 2 is 1.62 bits per heavy atom. The molecule has 0 aromatic rings. The van der Waals surface area contributed by atoms with Gasteiger partial charge in [0.25, 0.3) is 0 Å². The fraction of sp³-hybridized carbons (Fsp3) is 1.00. The summed E-state index contributed by atoms with van der Waals surface area (Å²) in [6, 6.07) is 0.686. The highest BCUT2D eigenvalue weighted by molar-refractivity contribution is 5.05. The van der Waals surface area contributed by atoms with E-state index in [0.29, 0.717) is 11.5 Å². The SMILES string of the molecule is CNC(CCN)C12CC3CC(CC(C3)C1)C2. The first-order chi connectivity index (χ1) is 7.75. The summed E-state index contributed by atoms with van der Waals surface area (Å²) in [4.78, 5) is 0. The van der Waals surface area contributed by atoms with Crippen LogP contribution in [-0.4, -0.2) is 19.6 Å². The van der Waals surface area contributed by atoms with Crippen molar-refractivity contribution < 1.29 is 0 Å². The standard InChI is InChI=1S/C14H26N2/c1-16-13(2-3-15)14-7-10-4-11(8-14)6-12(5-10)9-14/h10-13,16H,2-9,15H2,1H3. The zero-order valence-electron chi connectivity index (χ0n) is 10.5. The quantitative estimate of drug-likeness (QED) is 0.765. The van der Waals surface area contributed by atoms with E-state index in [9.17, 15) is 0 Å². The van der Waals surface area contributed by atoms with E-state index in [2.05, 4.69) is 12.4 Å². The largest absolute Gasteiger partial charge is 0.330 e. The zero-order valence-corrected chi connectivity index (χ0v) is 10.5. The van der Waals surface area contributed by atoms with Crippen molar-refractivity contribution in [2.24, 2.45) is 28.9 Å². The highest BCUT2D eigenvalue weighted by Gasteiger charge is 2.53. The fourth-order valence-corrected chi connectivity index (χ4v) is 5.53. The minimum atomic E-state index is 0.628. The Labute approximate surface area is 99.4 Å². The smallest absolute Gasteiger partial charge is 0.0133 e. The first-order valence-electron chi connectivity index (χ1n) is 7.13. The Morgan fingerprint density at radius 1 is 1.12 bits per heavy atom. The summed E-state index contributed by atoms with van der Waals surface area (Å²) in [7, 11) is 2.14. The molecule has 2 heteroatoms. The van der Waals surface area contributed by atoms with Gasteiger partial charge >= 0.3 is 0 Å². The second kappa shape index (κ2) is 3.99. The number of rotatable bonds is 4. The predicted octanol–water partition coefficient (Wildman–Crippen LogP) is 2.14. The van der Waals surface area contributed by atoms with Gasteiger partial charge in [-0.25, -0.2) is 0 Å². The Hall–Kier alpha value is -0.0800. The van der Waals surface area contributed by atoms with E-state index in [-0.39, 0.29) is 0 Å². The molecule has 1 atom stereocenters. The van der Waals surface area contributed by atoms with E-state index in [1.54, 1.807) is 0 Å². The van der Waals surface area contributed by atoms with Gasteiger partial charge in [-0.15, -0.1) is 0 Å². The molecule has 4 aliphatic rings.